The summed E-state index contributed by atoms with van der Waals surface area (Å²) < 4.78 is 4.43. The molecule has 0 bridgehead atoms. The van der Waals surface area contributed by atoms with Gasteiger partial charge in [-0.15, -0.1) is 0 Å². The molecule has 3 N–H and O–H groups in total. The van der Waals surface area contributed by atoms with Gasteiger partial charge in [0, 0.05) is 12.1 Å². The van der Waals surface area contributed by atoms with E-state index in [9.17, 15) is 4.79 Å². The zero-order valence-electron chi connectivity index (χ0n) is 8.02. The first-order chi connectivity index (χ1) is 5.58. The van der Waals surface area contributed by atoms with Gasteiger partial charge in [0.2, 0.25) is 0 Å². The maximum absolute atomic E-state index is 10.7. The zero-order chi connectivity index (χ0) is 9.61. The largest absolute Gasteiger partial charge is 0.453 e. The van der Waals surface area contributed by atoms with E-state index in [1.54, 1.807) is 0 Å². The van der Waals surface area contributed by atoms with Crippen molar-refractivity contribution in [1.82, 2.24) is 5.32 Å². The number of ether oxygens (including phenoxy) is 1. The maximum Gasteiger partial charge on any atom is 0.406 e. The monoisotopic (exact) mass is 174 g/mol. The summed E-state index contributed by atoms with van der Waals surface area (Å²) in [5.74, 6) is 0. The second kappa shape index (κ2) is 4.98. The number of hydrogen-bond acceptors (Lipinski definition) is 3. The smallest absolute Gasteiger partial charge is 0.406 e. The molecular formula is C8H18N2O2. The van der Waals surface area contributed by atoms with Gasteiger partial charge >= 0.3 is 6.09 Å². The third-order valence-corrected chi connectivity index (χ3v) is 2.18. The van der Waals surface area contributed by atoms with E-state index in [0.717, 1.165) is 12.8 Å². The van der Waals surface area contributed by atoms with Crippen LogP contribution in [0.4, 0.5) is 4.79 Å². The molecule has 0 atom stereocenters. The van der Waals surface area contributed by atoms with E-state index in [1.165, 1.54) is 7.11 Å². The van der Waals surface area contributed by atoms with Crippen LogP contribution in [0.1, 0.15) is 26.7 Å². The third kappa shape index (κ3) is 3.57. The minimum Gasteiger partial charge on any atom is -0.453 e. The SMILES string of the molecule is CCC(N)(CC)CNC(=O)OC. The Morgan fingerprint density at radius 2 is 2.00 bits per heavy atom. The van der Waals surface area contributed by atoms with E-state index in [-0.39, 0.29) is 5.54 Å². The first-order valence-corrected chi connectivity index (χ1v) is 4.18. The summed E-state index contributed by atoms with van der Waals surface area (Å²) in [6.07, 6.45) is 1.26. The Morgan fingerprint density at radius 3 is 2.33 bits per heavy atom. The number of carbonyl (C=O) groups excluding carboxylic acids is 1. The minimum absolute atomic E-state index is 0.297. The predicted octanol–water partition coefficient (Wildman–Crippen LogP) is 0.860. The Hall–Kier alpha value is -0.770. The van der Waals surface area contributed by atoms with Crippen LogP contribution in [-0.4, -0.2) is 25.3 Å². The fourth-order valence-corrected chi connectivity index (χ4v) is 0.820. The van der Waals surface area contributed by atoms with Crippen molar-refractivity contribution < 1.29 is 9.53 Å². The van der Waals surface area contributed by atoms with E-state index in [2.05, 4.69) is 10.1 Å². The summed E-state index contributed by atoms with van der Waals surface area (Å²) in [5.41, 5.74) is 5.63. The molecule has 1 amide bonds. The summed E-state index contributed by atoms with van der Waals surface area (Å²) in [6, 6.07) is 0. The lowest BCUT2D eigenvalue weighted by Crippen LogP contribution is -2.49. The zero-order valence-corrected chi connectivity index (χ0v) is 8.02. The highest BCUT2D eigenvalue weighted by Crippen LogP contribution is 2.08. The number of methoxy groups -OCH3 is 1. The molecular weight excluding hydrogens is 156 g/mol. The highest BCUT2D eigenvalue weighted by Gasteiger charge is 2.20. The van der Waals surface area contributed by atoms with Crippen LogP contribution in [0.3, 0.4) is 0 Å². The lowest BCUT2D eigenvalue weighted by atomic mass is 9.94. The van der Waals surface area contributed by atoms with Gasteiger partial charge in [-0.3, -0.25) is 0 Å². The summed E-state index contributed by atoms with van der Waals surface area (Å²) in [5, 5.41) is 2.59. The van der Waals surface area contributed by atoms with E-state index >= 15 is 0 Å². The Balaban J connectivity index is 3.80. The van der Waals surface area contributed by atoms with Gasteiger partial charge in [-0.1, -0.05) is 13.8 Å². The van der Waals surface area contributed by atoms with Crippen molar-refractivity contribution in [3.8, 4) is 0 Å². The van der Waals surface area contributed by atoms with Crippen molar-refractivity contribution in [3.05, 3.63) is 0 Å². The van der Waals surface area contributed by atoms with Crippen LogP contribution < -0.4 is 11.1 Å². The Morgan fingerprint density at radius 1 is 1.50 bits per heavy atom. The lowest BCUT2D eigenvalue weighted by molar-refractivity contribution is 0.167. The van der Waals surface area contributed by atoms with Crippen molar-refractivity contribution in [2.75, 3.05) is 13.7 Å². The molecule has 72 valence electrons. The van der Waals surface area contributed by atoms with Crippen LogP contribution in [-0.2, 0) is 4.74 Å². The molecule has 0 saturated carbocycles. The van der Waals surface area contributed by atoms with Crippen LogP contribution in [0.15, 0.2) is 0 Å². The molecule has 0 aliphatic carbocycles. The standard InChI is InChI=1S/C8H18N2O2/c1-4-8(9,5-2)6-10-7(11)12-3/h4-6,9H2,1-3H3,(H,10,11). The van der Waals surface area contributed by atoms with Crippen molar-refractivity contribution in [2.45, 2.75) is 32.2 Å². The van der Waals surface area contributed by atoms with Crippen LogP contribution in [0, 0.1) is 0 Å². The van der Waals surface area contributed by atoms with Gasteiger partial charge in [-0.05, 0) is 12.8 Å². The fraction of sp³-hybridized carbons (Fsp3) is 0.875. The van der Waals surface area contributed by atoms with Gasteiger partial charge in [0.25, 0.3) is 0 Å². The quantitative estimate of drug-likeness (QED) is 0.664. The Labute approximate surface area is 73.5 Å². The van der Waals surface area contributed by atoms with Crippen LogP contribution >= 0.6 is 0 Å². The molecule has 4 nitrogen and oxygen atoms in total. The van der Waals surface area contributed by atoms with Gasteiger partial charge < -0.3 is 15.8 Å². The summed E-state index contributed by atoms with van der Waals surface area (Å²) in [4.78, 5) is 10.7. The van der Waals surface area contributed by atoms with Crippen LogP contribution in [0.25, 0.3) is 0 Å². The molecule has 0 unspecified atom stereocenters. The summed E-state index contributed by atoms with van der Waals surface area (Å²) in [7, 11) is 1.34. The second-order valence-corrected chi connectivity index (χ2v) is 2.91. The maximum atomic E-state index is 10.7. The van der Waals surface area contributed by atoms with Crippen molar-refractivity contribution in [3.63, 3.8) is 0 Å². The molecule has 0 saturated heterocycles. The van der Waals surface area contributed by atoms with E-state index in [1.807, 2.05) is 13.8 Å². The van der Waals surface area contributed by atoms with Crippen molar-refractivity contribution in [2.24, 2.45) is 5.73 Å². The van der Waals surface area contributed by atoms with Crippen LogP contribution in [0.5, 0.6) is 0 Å². The average Bonchev–Trinajstić information content (AvgIpc) is 2.13. The third-order valence-electron chi connectivity index (χ3n) is 2.18. The molecule has 0 radical (unpaired) electrons. The first kappa shape index (κ1) is 11.2. The molecule has 0 aromatic carbocycles. The van der Waals surface area contributed by atoms with Gasteiger partial charge in [-0.2, -0.15) is 0 Å². The summed E-state index contributed by atoms with van der Waals surface area (Å²) in [6.45, 7) is 4.47. The molecule has 0 spiro atoms. The van der Waals surface area contributed by atoms with Gasteiger partial charge in [0.15, 0.2) is 0 Å². The van der Waals surface area contributed by atoms with E-state index in [4.69, 9.17) is 5.73 Å². The molecule has 0 heterocycles. The molecule has 12 heavy (non-hydrogen) atoms. The number of carbonyl (C=O) groups is 1. The number of amides is 1. The normalized spacial score (nSPS) is 11.0. The Bertz CT molecular complexity index is 144. The van der Waals surface area contributed by atoms with Crippen molar-refractivity contribution in [1.29, 1.82) is 0 Å². The molecule has 0 rings (SSSR count). The van der Waals surface area contributed by atoms with Gasteiger partial charge in [-0.25, -0.2) is 4.79 Å². The van der Waals surface area contributed by atoms with Gasteiger partial charge in [0.1, 0.15) is 0 Å². The topological polar surface area (TPSA) is 64.3 Å². The van der Waals surface area contributed by atoms with E-state index < -0.39 is 6.09 Å². The molecule has 0 aliphatic rings. The predicted molar refractivity (Wildman–Crippen MR) is 47.9 cm³/mol. The Kier molecular flexibility index (Phi) is 4.66. The number of rotatable bonds is 4. The molecule has 0 aromatic rings. The number of nitrogens with two attached hydrogens (primary N) is 1. The number of nitrogens with one attached hydrogen (secondary N) is 1. The lowest BCUT2D eigenvalue weighted by Gasteiger charge is -2.26. The van der Waals surface area contributed by atoms with E-state index in [0.29, 0.717) is 6.54 Å². The summed E-state index contributed by atoms with van der Waals surface area (Å²) >= 11 is 0. The fourth-order valence-electron chi connectivity index (χ4n) is 0.820. The first-order valence-electron chi connectivity index (χ1n) is 4.18. The molecule has 4 heteroatoms. The number of alkyl carbamates (subject to hydrolysis) is 1. The second-order valence-electron chi connectivity index (χ2n) is 2.91. The van der Waals surface area contributed by atoms with Crippen LogP contribution in [0.2, 0.25) is 0 Å². The molecule has 0 fully saturated rings. The highest BCUT2D eigenvalue weighted by atomic mass is 16.5. The minimum atomic E-state index is -0.424. The van der Waals surface area contributed by atoms with Gasteiger partial charge in [0.05, 0.1) is 7.11 Å². The molecule has 0 aliphatic heterocycles. The highest BCUT2D eigenvalue weighted by molar-refractivity contribution is 5.66. The molecule has 0 aromatic heterocycles. The average molecular weight is 174 g/mol. The number of hydrogen-bond donors (Lipinski definition) is 2. The van der Waals surface area contributed by atoms with Crippen molar-refractivity contribution >= 4 is 6.09 Å².